The molecule has 3 fully saturated rings. The molecular formula is C32H41Cl3FN3O. The maximum absolute atomic E-state index is 14.5. The lowest BCUT2D eigenvalue weighted by molar-refractivity contribution is -0.131. The maximum atomic E-state index is 14.5. The zero-order valence-corrected chi connectivity index (χ0v) is 25.6. The van der Waals surface area contributed by atoms with Gasteiger partial charge in [0, 0.05) is 35.1 Å². The minimum atomic E-state index is -0.431. The molecule has 2 aromatic rings. The van der Waals surface area contributed by atoms with Gasteiger partial charge in [-0.25, -0.2) is 4.39 Å². The molecule has 3 aliphatic rings. The van der Waals surface area contributed by atoms with E-state index >= 15 is 0 Å². The van der Waals surface area contributed by atoms with Gasteiger partial charge in [0.25, 0.3) is 0 Å². The van der Waals surface area contributed by atoms with Crippen molar-refractivity contribution in [1.82, 2.24) is 14.7 Å². The van der Waals surface area contributed by atoms with E-state index in [1.807, 2.05) is 17.0 Å². The molecule has 3 heterocycles. The van der Waals surface area contributed by atoms with Gasteiger partial charge in [-0.15, -0.1) is 0 Å². The standard InChI is InChI=1S/C32H41Cl3FN3O/c33-27-7-6-8-30(36)26(27)22-31(40)39-17-5-2-13-32(23-39,24-9-10-28(34)29(35)21-24)14-20-37-18-11-25(12-19-37)38-15-3-1-4-16-38/h6-10,21,25H,1-5,11-20,22-23H2/t32-/m0/s1. The number of carbonyl (C=O) groups is 1. The lowest BCUT2D eigenvalue weighted by atomic mass is 9.73. The lowest BCUT2D eigenvalue weighted by Gasteiger charge is -2.42. The Morgan fingerprint density at radius 2 is 1.62 bits per heavy atom. The van der Waals surface area contributed by atoms with Crippen molar-refractivity contribution in [3.05, 3.63) is 68.4 Å². The molecule has 5 rings (SSSR count). The van der Waals surface area contributed by atoms with E-state index in [1.54, 1.807) is 12.1 Å². The van der Waals surface area contributed by atoms with Gasteiger partial charge in [0.05, 0.1) is 16.5 Å². The van der Waals surface area contributed by atoms with Crippen LogP contribution in [-0.4, -0.2) is 72.5 Å². The fourth-order valence-electron chi connectivity index (χ4n) is 7.04. The number of benzene rings is 2. The van der Waals surface area contributed by atoms with Crippen LogP contribution in [0.25, 0.3) is 0 Å². The van der Waals surface area contributed by atoms with Gasteiger partial charge >= 0.3 is 0 Å². The first-order valence-electron chi connectivity index (χ1n) is 15.0. The number of piperidine rings is 2. The third kappa shape index (κ3) is 7.15. The molecule has 0 saturated carbocycles. The average Bonchev–Trinajstić information content (AvgIpc) is 3.20. The Morgan fingerprint density at radius 1 is 0.875 bits per heavy atom. The van der Waals surface area contributed by atoms with Gasteiger partial charge in [0.1, 0.15) is 5.82 Å². The summed E-state index contributed by atoms with van der Waals surface area (Å²) in [6.07, 6.45) is 10.3. The van der Waals surface area contributed by atoms with Crippen molar-refractivity contribution in [3.63, 3.8) is 0 Å². The molecule has 2 aromatic carbocycles. The quantitative estimate of drug-likeness (QED) is 0.324. The fourth-order valence-corrected chi connectivity index (χ4v) is 7.57. The normalized spacial score (nSPS) is 23.8. The highest BCUT2D eigenvalue weighted by atomic mass is 35.5. The molecule has 0 aromatic heterocycles. The molecule has 0 spiro atoms. The van der Waals surface area contributed by atoms with E-state index < -0.39 is 5.82 Å². The third-order valence-corrected chi connectivity index (χ3v) is 10.6. The summed E-state index contributed by atoms with van der Waals surface area (Å²) < 4.78 is 14.5. The molecule has 1 amide bonds. The number of carbonyl (C=O) groups excluding carboxylic acids is 1. The molecule has 0 unspecified atom stereocenters. The Hall–Kier alpha value is -1.37. The molecule has 0 aliphatic carbocycles. The van der Waals surface area contributed by atoms with E-state index in [-0.39, 0.29) is 23.3 Å². The van der Waals surface area contributed by atoms with Crippen LogP contribution in [0.2, 0.25) is 15.1 Å². The van der Waals surface area contributed by atoms with Gasteiger partial charge < -0.3 is 14.7 Å². The first-order chi connectivity index (χ1) is 19.3. The van der Waals surface area contributed by atoms with Crippen molar-refractivity contribution >= 4 is 40.7 Å². The number of likely N-dealkylation sites (tertiary alicyclic amines) is 3. The van der Waals surface area contributed by atoms with Crippen LogP contribution in [-0.2, 0) is 16.6 Å². The minimum absolute atomic E-state index is 0.0347. The number of hydrogen-bond donors (Lipinski definition) is 0. The highest BCUT2D eigenvalue weighted by molar-refractivity contribution is 6.42. The van der Waals surface area contributed by atoms with Gasteiger partial charge in [0.2, 0.25) is 5.91 Å². The van der Waals surface area contributed by atoms with Gasteiger partial charge in [-0.05, 0) is 107 Å². The van der Waals surface area contributed by atoms with Gasteiger partial charge in [0.15, 0.2) is 0 Å². The summed E-state index contributed by atoms with van der Waals surface area (Å²) in [6, 6.07) is 11.3. The fraction of sp³-hybridized carbons (Fsp3) is 0.594. The maximum Gasteiger partial charge on any atom is 0.227 e. The minimum Gasteiger partial charge on any atom is -0.342 e. The molecular weight excluding hydrogens is 568 g/mol. The molecule has 3 saturated heterocycles. The number of rotatable bonds is 7. The van der Waals surface area contributed by atoms with Gasteiger partial charge in [-0.3, -0.25) is 4.79 Å². The molecule has 3 aliphatic heterocycles. The number of nitrogens with zero attached hydrogens (tertiary/aromatic N) is 3. The summed E-state index contributed by atoms with van der Waals surface area (Å²) >= 11 is 19.1. The van der Waals surface area contributed by atoms with Crippen LogP contribution in [0.5, 0.6) is 0 Å². The van der Waals surface area contributed by atoms with E-state index in [2.05, 4.69) is 15.9 Å². The molecule has 1 atom stereocenters. The monoisotopic (exact) mass is 607 g/mol. The Kier molecular flexibility index (Phi) is 10.3. The topological polar surface area (TPSA) is 26.8 Å². The van der Waals surface area contributed by atoms with Crippen molar-refractivity contribution in [2.75, 3.05) is 45.8 Å². The summed E-state index contributed by atoms with van der Waals surface area (Å²) in [7, 11) is 0. The molecule has 0 N–H and O–H groups in total. The highest BCUT2D eigenvalue weighted by Gasteiger charge is 2.38. The van der Waals surface area contributed by atoms with Crippen LogP contribution in [0.4, 0.5) is 4.39 Å². The van der Waals surface area contributed by atoms with E-state index in [1.165, 1.54) is 51.3 Å². The molecule has 40 heavy (non-hydrogen) atoms. The molecule has 0 bridgehead atoms. The molecule has 8 heteroatoms. The van der Waals surface area contributed by atoms with Gasteiger partial charge in [-0.2, -0.15) is 0 Å². The lowest BCUT2D eigenvalue weighted by Crippen LogP contribution is -2.48. The summed E-state index contributed by atoms with van der Waals surface area (Å²) in [5.74, 6) is -0.514. The Balaban J connectivity index is 1.32. The van der Waals surface area contributed by atoms with E-state index in [4.69, 9.17) is 34.8 Å². The van der Waals surface area contributed by atoms with Crippen LogP contribution >= 0.6 is 34.8 Å². The second-order valence-electron chi connectivity index (χ2n) is 12.0. The first-order valence-corrected chi connectivity index (χ1v) is 16.1. The molecule has 0 radical (unpaired) electrons. The van der Waals surface area contributed by atoms with E-state index in [9.17, 15) is 9.18 Å². The van der Waals surface area contributed by atoms with Crippen molar-refractivity contribution < 1.29 is 9.18 Å². The second kappa shape index (κ2) is 13.7. The van der Waals surface area contributed by atoms with Crippen molar-refractivity contribution in [3.8, 4) is 0 Å². The van der Waals surface area contributed by atoms with Crippen LogP contribution in [0.3, 0.4) is 0 Å². The predicted octanol–water partition coefficient (Wildman–Crippen LogP) is 7.62. The van der Waals surface area contributed by atoms with Crippen LogP contribution < -0.4 is 0 Å². The summed E-state index contributed by atoms with van der Waals surface area (Å²) in [5, 5.41) is 1.38. The Labute approximate surface area is 253 Å². The Bertz CT molecular complexity index is 1150. The second-order valence-corrected chi connectivity index (χ2v) is 13.2. The molecule has 4 nitrogen and oxygen atoms in total. The first kappa shape index (κ1) is 30.1. The average molecular weight is 609 g/mol. The van der Waals surface area contributed by atoms with Crippen LogP contribution in [0.1, 0.15) is 68.9 Å². The summed E-state index contributed by atoms with van der Waals surface area (Å²) in [6.45, 7) is 6.98. The number of amides is 1. The van der Waals surface area contributed by atoms with Crippen molar-refractivity contribution in [2.45, 2.75) is 75.7 Å². The van der Waals surface area contributed by atoms with Crippen molar-refractivity contribution in [2.24, 2.45) is 0 Å². The zero-order chi connectivity index (χ0) is 28.1. The smallest absolute Gasteiger partial charge is 0.227 e. The number of halogens is 4. The zero-order valence-electron chi connectivity index (χ0n) is 23.3. The van der Waals surface area contributed by atoms with Gasteiger partial charge in [-0.1, -0.05) is 59.8 Å². The number of hydrogen-bond acceptors (Lipinski definition) is 3. The Morgan fingerprint density at radius 3 is 2.35 bits per heavy atom. The highest BCUT2D eigenvalue weighted by Crippen LogP contribution is 2.40. The van der Waals surface area contributed by atoms with E-state index in [0.29, 0.717) is 28.2 Å². The molecule has 218 valence electrons. The third-order valence-electron chi connectivity index (χ3n) is 9.47. The van der Waals surface area contributed by atoms with Crippen molar-refractivity contribution in [1.29, 1.82) is 0 Å². The summed E-state index contributed by atoms with van der Waals surface area (Å²) in [4.78, 5) is 20.9. The summed E-state index contributed by atoms with van der Waals surface area (Å²) in [5.41, 5.74) is 1.16. The SMILES string of the molecule is O=C(Cc1c(F)cccc1Cl)N1CCCC[C@@](CCN2CCC(N3CCCCC3)CC2)(c2ccc(Cl)c(Cl)c2)C1. The van der Waals surface area contributed by atoms with Crippen LogP contribution in [0, 0.1) is 5.82 Å². The van der Waals surface area contributed by atoms with Crippen LogP contribution in [0.15, 0.2) is 36.4 Å². The largest absolute Gasteiger partial charge is 0.342 e. The predicted molar refractivity (Wildman–Crippen MR) is 163 cm³/mol. The van der Waals surface area contributed by atoms with E-state index in [0.717, 1.165) is 56.9 Å².